The molecular weight excluding hydrogens is 268 g/mol. The lowest BCUT2D eigenvalue weighted by Gasteiger charge is -2.22. The average Bonchev–Trinajstić information content (AvgIpc) is 3.31. The van der Waals surface area contributed by atoms with Crippen LogP contribution in [0.1, 0.15) is 18.4 Å². The van der Waals surface area contributed by atoms with Crippen molar-refractivity contribution in [3.05, 3.63) is 35.9 Å². The summed E-state index contributed by atoms with van der Waals surface area (Å²) in [6, 6.07) is 9.64. The first-order chi connectivity index (χ1) is 10.2. The van der Waals surface area contributed by atoms with Crippen molar-refractivity contribution in [1.82, 2.24) is 10.2 Å². The lowest BCUT2D eigenvalue weighted by molar-refractivity contribution is -0.147. The Hall–Kier alpha value is -1.88. The summed E-state index contributed by atoms with van der Waals surface area (Å²) in [7, 11) is 1.33. The number of hydrogen-bond acceptors (Lipinski definition) is 4. The Kier molecular flexibility index (Phi) is 5.75. The van der Waals surface area contributed by atoms with E-state index >= 15 is 0 Å². The number of esters is 1. The predicted molar refractivity (Wildman–Crippen MR) is 79.5 cm³/mol. The molecule has 1 aromatic carbocycles. The number of hydrogen-bond donors (Lipinski definition) is 1. The van der Waals surface area contributed by atoms with E-state index < -0.39 is 5.97 Å². The van der Waals surface area contributed by atoms with E-state index in [-0.39, 0.29) is 19.0 Å². The number of carbonyl (C=O) groups is 2. The molecule has 0 aromatic heterocycles. The smallest absolute Gasteiger partial charge is 0.325 e. The molecule has 0 radical (unpaired) electrons. The quantitative estimate of drug-likeness (QED) is 0.731. The topological polar surface area (TPSA) is 58.6 Å². The molecule has 0 saturated heterocycles. The van der Waals surface area contributed by atoms with Crippen molar-refractivity contribution in [2.75, 3.05) is 26.7 Å². The zero-order valence-corrected chi connectivity index (χ0v) is 12.4. The van der Waals surface area contributed by atoms with Crippen molar-refractivity contribution in [3.63, 3.8) is 0 Å². The number of carbonyl (C=O) groups excluding carboxylic acids is 2. The van der Waals surface area contributed by atoms with Crippen LogP contribution in [0.25, 0.3) is 0 Å². The molecule has 21 heavy (non-hydrogen) atoms. The summed E-state index contributed by atoms with van der Waals surface area (Å²) in [6.07, 6.45) is 2.49. The number of nitrogens with zero attached hydrogens (tertiary/aromatic N) is 1. The first-order valence-corrected chi connectivity index (χ1v) is 7.28. The second-order valence-electron chi connectivity index (χ2n) is 5.39. The molecule has 1 N–H and O–H groups in total. The highest BCUT2D eigenvalue weighted by atomic mass is 16.5. The minimum Gasteiger partial charge on any atom is -0.468 e. The van der Waals surface area contributed by atoms with Crippen molar-refractivity contribution in [2.24, 2.45) is 5.92 Å². The van der Waals surface area contributed by atoms with Gasteiger partial charge in [-0.1, -0.05) is 30.3 Å². The maximum Gasteiger partial charge on any atom is 0.325 e. The third-order valence-corrected chi connectivity index (χ3v) is 3.52. The van der Waals surface area contributed by atoms with Gasteiger partial charge in [0.15, 0.2) is 0 Å². The molecule has 1 aliphatic rings. The third kappa shape index (κ3) is 5.55. The largest absolute Gasteiger partial charge is 0.468 e. The predicted octanol–water partition coefficient (Wildman–Crippen LogP) is 1.19. The second kappa shape index (κ2) is 7.78. The zero-order valence-electron chi connectivity index (χ0n) is 12.4. The first kappa shape index (κ1) is 15.5. The molecule has 1 aromatic rings. The summed E-state index contributed by atoms with van der Waals surface area (Å²) < 4.78 is 4.67. The van der Waals surface area contributed by atoms with Crippen LogP contribution in [0.2, 0.25) is 0 Å². The maximum atomic E-state index is 12.3. The molecule has 0 spiro atoms. The van der Waals surface area contributed by atoms with E-state index in [1.807, 2.05) is 30.3 Å². The van der Waals surface area contributed by atoms with Crippen molar-refractivity contribution in [1.29, 1.82) is 0 Å². The highest BCUT2D eigenvalue weighted by Crippen LogP contribution is 2.27. The molecule has 2 rings (SSSR count). The molecule has 0 heterocycles. The molecule has 0 unspecified atom stereocenters. The summed E-state index contributed by atoms with van der Waals surface area (Å²) in [6.45, 7) is 1.54. The van der Waals surface area contributed by atoms with E-state index in [4.69, 9.17) is 0 Å². The average molecular weight is 290 g/mol. The monoisotopic (exact) mass is 290 g/mol. The number of methoxy groups -OCH3 is 1. The van der Waals surface area contributed by atoms with E-state index in [0.29, 0.717) is 6.54 Å². The van der Waals surface area contributed by atoms with Crippen molar-refractivity contribution in [3.8, 4) is 0 Å². The first-order valence-electron chi connectivity index (χ1n) is 7.28. The fourth-order valence-electron chi connectivity index (χ4n) is 2.07. The molecule has 114 valence electrons. The Morgan fingerprint density at radius 2 is 2.00 bits per heavy atom. The summed E-state index contributed by atoms with van der Waals surface area (Å²) >= 11 is 0. The van der Waals surface area contributed by atoms with Crippen LogP contribution in [0, 0.1) is 5.92 Å². The molecule has 0 bridgehead atoms. The Balaban J connectivity index is 1.89. The molecule has 5 nitrogen and oxygen atoms in total. The van der Waals surface area contributed by atoms with Gasteiger partial charge in [-0.05, 0) is 30.9 Å². The molecular formula is C16H22N2O3. The van der Waals surface area contributed by atoms with E-state index in [1.54, 1.807) is 0 Å². The fourth-order valence-corrected chi connectivity index (χ4v) is 2.07. The second-order valence-corrected chi connectivity index (χ2v) is 5.39. The SMILES string of the molecule is COC(=O)CN(Cc1ccccc1)C(=O)CNCC1CC1. The van der Waals surface area contributed by atoms with Gasteiger partial charge in [0.25, 0.3) is 0 Å². The molecule has 0 aliphatic heterocycles. The van der Waals surface area contributed by atoms with Gasteiger partial charge in [0.1, 0.15) is 6.54 Å². The van der Waals surface area contributed by atoms with Gasteiger partial charge in [0.05, 0.1) is 13.7 Å². The summed E-state index contributed by atoms with van der Waals surface area (Å²) in [5.41, 5.74) is 0.997. The van der Waals surface area contributed by atoms with Crippen LogP contribution < -0.4 is 5.32 Å². The lowest BCUT2D eigenvalue weighted by atomic mass is 10.2. The number of benzene rings is 1. The van der Waals surface area contributed by atoms with E-state index in [1.165, 1.54) is 24.9 Å². The van der Waals surface area contributed by atoms with Gasteiger partial charge in [-0.15, -0.1) is 0 Å². The van der Waals surface area contributed by atoms with Crippen LogP contribution in [0.5, 0.6) is 0 Å². The summed E-state index contributed by atoms with van der Waals surface area (Å²) in [5.74, 6) is 0.243. The molecule has 1 amide bonds. The lowest BCUT2D eigenvalue weighted by Crippen LogP contribution is -2.41. The van der Waals surface area contributed by atoms with Crippen LogP contribution >= 0.6 is 0 Å². The Labute approximate surface area is 125 Å². The van der Waals surface area contributed by atoms with Gasteiger partial charge < -0.3 is 15.0 Å². The van der Waals surface area contributed by atoms with Crippen molar-refractivity contribution in [2.45, 2.75) is 19.4 Å². The van der Waals surface area contributed by atoms with Crippen LogP contribution in [0.15, 0.2) is 30.3 Å². The van der Waals surface area contributed by atoms with Crippen LogP contribution in [0.3, 0.4) is 0 Å². The number of ether oxygens (including phenoxy) is 1. The number of amides is 1. The van der Waals surface area contributed by atoms with Crippen molar-refractivity contribution >= 4 is 11.9 Å². The van der Waals surface area contributed by atoms with E-state index in [2.05, 4.69) is 10.1 Å². The Bertz CT molecular complexity index is 472. The van der Waals surface area contributed by atoms with Crippen molar-refractivity contribution < 1.29 is 14.3 Å². The summed E-state index contributed by atoms with van der Waals surface area (Å²) in [4.78, 5) is 25.3. The zero-order chi connectivity index (χ0) is 15.1. The van der Waals surface area contributed by atoms with Crippen LogP contribution in [-0.2, 0) is 20.9 Å². The minimum absolute atomic E-state index is 0.0185. The molecule has 1 fully saturated rings. The summed E-state index contributed by atoms with van der Waals surface area (Å²) in [5, 5.41) is 3.16. The fraction of sp³-hybridized carbons (Fsp3) is 0.500. The van der Waals surface area contributed by atoms with Gasteiger partial charge in [-0.3, -0.25) is 9.59 Å². The van der Waals surface area contributed by atoms with Crippen LogP contribution in [-0.4, -0.2) is 43.5 Å². The normalized spacial score (nSPS) is 13.8. The van der Waals surface area contributed by atoms with Gasteiger partial charge in [-0.2, -0.15) is 0 Å². The Morgan fingerprint density at radius 3 is 2.62 bits per heavy atom. The highest BCUT2D eigenvalue weighted by Gasteiger charge is 2.22. The maximum absolute atomic E-state index is 12.3. The number of rotatable bonds is 8. The van der Waals surface area contributed by atoms with Gasteiger partial charge in [-0.25, -0.2) is 0 Å². The highest BCUT2D eigenvalue weighted by molar-refractivity contribution is 5.83. The molecule has 5 heteroatoms. The van der Waals surface area contributed by atoms with Crippen LogP contribution in [0.4, 0.5) is 0 Å². The van der Waals surface area contributed by atoms with Gasteiger partial charge >= 0.3 is 5.97 Å². The minimum atomic E-state index is -0.401. The van der Waals surface area contributed by atoms with E-state index in [0.717, 1.165) is 18.0 Å². The van der Waals surface area contributed by atoms with Gasteiger partial charge in [0, 0.05) is 6.54 Å². The molecule has 1 aliphatic carbocycles. The number of nitrogens with one attached hydrogen (secondary N) is 1. The van der Waals surface area contributed by atoms with E-state index in [9.17, 15) is 9.59 Å². The molecule has 1 saturated carbocycles. The van der Waals surface area contributed by atoms with Gasteiger partial charge in [0.2, 0.25) is 5.91 Å². The third-order valence-electron chi connectivity index (χ3n) is 3.52. The Morgan fingerprint density at radius 1 is 1.29 bits per heavy atom. The standard InChI is InChI=1S/C16H22N2O3/c1-21-16(20)12-18(11-14-5-3-2-4-6-14)15(19)10-17-9-13-7-8-13/h2-6,13,17H,7-12H2,1H3. The molecule has 0 atom stereocenters.